The minimum absolute atomic E-state index is 0.187. The number of nitrogens with two attached hydrogens (primary N) is 1. The van der Waals surface area contributed by atoms with Gasteiger partial charge in [-0.15, -0.1) is 0 Å². The molecule has 1 atom stereocenters. The van der Waals surface area contributed by atoms with Crippen molar-refractivity contribution in [3.05, 3.63) is 11.4 Å². The lowest BCUT2D eigenvalue weighted by molar-refractivity contribution is 0.0516. The smallest absolute Gasteiger partial charge is 0.271 e. The molecule has 6 nitrogen and oxygen atoms in total. The quantitative estimate of drug-likeness (QED) is 0.701. The van der Waals surface area contributed by atoms with Gasteiger partial charge in [-0.1, -0.05) is 6.92 Å². The third-order valence-corrected chi connectivity index (χ3v) is 2.88. The maximum atomic E-state index is 11.9. The van der Waals surface area contributed by atoms with Crippen molar-refractivity contribution in [1.82, 2.24) is 15.1 Å². The first-order valence-corrected chi connectivity index (χ1v) is 5.58. The highest BCUT2D eigenvalue weighted by molar-refractivity contribution is 5.97. The van der Waals surface area contributed by atoms with Gasteiger partial charge in [-0.3, -0.25) is 9.48 Å². The summed E-state index contributed by atoms with van der Waals surface area (Å²) in [4.78, 5) is 11.9. The minimum Gasteiger partial charge on any atom is -0.395 e. The van der Waals surface area contributed by atoms with E-state index in [1.54, 1.807) is 20.9 Å². The topological polar surface area (TPSA) is 93.2 Å². The van der Waals surface area contributed by atoms with Crippen LogP contribution in [-0.2, 0) is 7.05 Å². The average Bonchev–Trinajstić information content (AvgIpc) is 2.50. The molecule has 0 aliphatic carbocycles. The Morgan fingerprint density at radius 1 is 1.65 bits per heavy atom. The van der Waals surface area contributed by atoms with Crippen LogP contribution in [0.3, 0.4) is 0 Å². The Morgan fingerprint density at radius 3 is 2.65 bits per heavy atom. The van der Waals surface area contributed by atoms with Crippen molar-refractivity contribution in [1.29, 1.82) is 0 Å². The van der Waals surface area contributed by atoms with Gasteiger partial charge < -0.3 is 16.2 Å². The van der Waals surface area contributed by atoms with E-state index in [0.717, 1.165) is 0 Å². The number of carbonyl (C=O) groups excluding carboxylic acids is 1. The molecule has 0 radical (unpaired) electrons. The maximum Gasteiger partial charge on any atom is 0.271 e. The average molecular weight is 240 g/mol. The Kier molecular flexibility index (Phi) is 3.77. The van der Waals surface area contributed by atoms with Crippen LogP contribution in [0.15, 0.2) is 0 Å². The van der Waals surface area contributed by atoms with Gasteiger partial charge in [0.05, 0.1) is 17.0 Å². The first kappa shape index (κ1) is 13.5. The van der Waals surface area contributed by atoms with E-state index in [1.807, 2.05) is 6.92 Å². The number of nitrogens with one attached hydrogen (secondary N) is 1. The molecule has 17 heavy (non-hydrogen) atoms. The highest BCUT2D eigenvalue weighted by Gasteiger charge is 2.22. The number of nitrogens with zero attached hydrogens (tertiary/aromatic N) is 2. The molecule has 1 aromatic heterocycles. The van der Waals surface area contributed by atoms with Crippen LogP contribution < -0.4 is 11.1 Å². The molecular weight excluding hydrogens is 220 g/mol. The molecule has 0 fully saturated rings. The van der Waals surface area contributed by atoms with Crippen LogP contribution >= 0.6 is 0 Å². The molecular formula is C11H20N4O2. The predicted molar refractivity (Wildman–Crippen MR) is 65.6 cm³/mol. The van der Waals surface area contributed by atoms with Gasteiger partial charge in [-0.05, 0) is 20.3 Å². The van der Waals surface area contributed by atoms with E-state index >= 15 is 0 Å². The van der Waals surface area contributed by atoms with Gasteiger partial charge in [0.1, 0.15) is 5.69 Å². The zero-order valence-electron chi connectivity index (χ0n) is 10.7. The summed E-state index contributed by atoms with van der Waals surface area (Å²) in [6.45, 7) is 5.46. The largest absolute Gasteiger partial charge is 0.395 e. The van der Waals surface area contributed by atoms with Gasteiger partial charge in [0, 0.05) is 13.6 Å². The first-order chi connectivity index (χ1) is 7.78. The summed E-state index contributed by atoms with van der Waals surface area (Å²) in [6.07, 6.45) is 0.563. The van der Waals surface area contributed by atoms with Crippen molar-refractivity contribution in [3.63, 3.8) is 0 Å². The normalized spacial score (nSPS) is 14.4. The fourth-order valence-corrected chi connectivity index (χ4v) is 1.42. The highest BCUT2D eigenvalue weighted by atomic mass is 16.3. The van der Waals surface area contributed by atoms with E-state index in [1.165, 1.54) is 4.68 Å². The van der Waals surface area contributed by atoms with Crippen molar-refractivity contribution in [2.24, 2.45) is 7.05 Å². The van der Waals surface area contributed by atoms with Gasteiger partial charge in [-0.2, -0.15) is 5.10 Å². The van der Waals surface area contributed by atoms with E-state index in [-0.39, 0.29) is 12.5 Å². The molecule has 6 heteroatoms. The number of anilines is 1. The molecule has 1 amide bonds. The van der Waals surface area contributed by atoms with Gasteiger partial charge in [0.15, 0.2) is 0 Å². The molecule has 1 heterocycles. The number of aliphatic hydroxyl groups is 1. The van der Waals surface area contributed by atoms with Crippen LogP contribution in [0, 0.1) is 6.92 Å². The molecule has 0 bridgehead atoms. The Labute approximate surface area is 101 Å². The molecule has 1 unspecified atom stereocenters. The molecule has 1 rings (SSSR count). The second-order valence-electron chi connectivity index (χ2n) is 4.50. The molecule has 0 spiro atoms. The summed E-state index contributed by atoms with van der Waals surface area (Å²) in [5.74, 6) is -0.320. The molecule has 0 aliphatic heterocycles. The molecule has 1 aromatic rings. The summed E-state index contributed by atoms with van der Waals surface area (Å²) >= 11 is 0. The van der Waals surface area contributed by atoms with Crippen molar-refractivity contribution < 1.29 is 9.90 Å². The van der Waals surface area contributed by atoms with Gasteiger partial charge in [0.2, 0.25) is 0 Å². The molecule has 4 N–H and O–H groups in total. The third kappa shape index (κ3) is 2.97. The highest BCUT2D eigenvalue weighted by Crippen LogP contribution is 2.15. The van der Waals surface area contributed by atoms with E-state index in [9.17, 15) is 9.90 Å². The van der Waals surface area contributed by atoms with E-state index < -0.39 is 5.60 Å². The van der Waals surface area contributed by atoms with Crippen LogP contribution in [0.25, 0.3) is 0 Å². The number of aryl methyl sites for hydroxylation is 2. The van der Waals surface area contributed by atoms with Crippen LogP contribution in [0.5, 0.6) is 0 Å². The monoisotopic (exact) mass is 240 g/mol. The Bertz CT molecular complexity index is 423. The molecule has 0 aliphatic rings. The zero-order chi connectivity index (χ0) is 13.2. The zero-order valence-corrected chi connectivity index (χ0v) is 10.7. The number of amides is 1. The lowest BCUT2D eigenvalue weighted by Gasteiger charge is -2.21. The van der Waals surface area contributed by atoms with Crippen molar-refractivity contribution in [2.45, 2.75) is 32.8 Å². The van der Waals surface area contributed by atoms with Crippen LogP contribution in [0.1, 0.15) is 36.5 Å². The fraction of sp³-hybridized carbons (Fsp3) is 0.636. The third-order valence-electron chi connectivity index (χ3n) is 2.88. The fourth-order valence-electron chi connectivity index (χ4n) is 1.42. The summed E-state index contributed by atoms with van der Waals surface area (Å²) < 4.78 is 1.45. The summed E-state index contributed by atoms with van der Waals surface area (Å²) in [5, 5.41) is 16.5. The number of hydrogen-bond acceptors (Lipinski definition) is 4. The molecule has 0 aromatic carbocycles. The van der Waals surface area contributed by atoms with Crippen molar-refractivity contribution in [2.75, 3.05) is 12.3 Å². The molecule has 0 saturated heterocycles. The van der Waals surface area contributed by atoms with Gasteiger partial charge in [0.25, 0.3) is 5.91 Å². The Balaban J connectivity index is 2.78. The van der Waals surface area contributed by atoms with Crippen LogP contribution in [0.4, 0.5) is 5.69 Å². The van der Waals surface area contributed by atoms with Gasteiger partial charge >= 0.3 is 0 Å². The number of aromatic nitrogens is 2. The lowest BCUT2D eigenvalue weighted by atomic mass is 10.0. The van der Waals surface area contributed by atoms with Crippen molar-refractivity contribution >= 4 is 11.6 Å². The van der Waals surface area contributed by atoms with Crippen LogP contribution in [0.2, 0.25) is 0 Å². The molecule has 0 saturated carbocycles. The second kappa shape index (κ2) is 4.75. The van der Waals surface area contributed by atoms with E-state index in [2.05, 4.69) is 10.4 Å². The lowest BCUT2D eigenvalue weighted by Crippen LogP contribution is -2.40. The maximum absolute atomic E-state index is 11.9. The predicted octanol–water partition coefficient (Wildman–Crippen LogP) is 0.202. The minimum atomic E-state index is -0.905. The number of carbonyl (C=O) groups is 1. The van der Waals surface area contributed by atoms with E-state index in [4.69, 9.17) is 5.73 Å². The number of hydrogen-bond donors (Lipinski definition) is 3. The van der Waals surface area contributed by atoms with E-state index in [0.29, 0.717) is 23.5 Å². The summed E-state index contributed by atoms with van der Waals surface area (Å²) in [5.41, 5.74) is 6.19. The molecule has 96 valence electrons. The Morgan fingerprint density at radius 2 is 2.24 bits per heavy atom. The number of rotatable bonds is 4. The second-order valence-corrected chi connectivity index (χ2v) is 4.50. The summed E-state index contributed by atoms with van der Waals surface area (Å²) in [7, 11) is 1.66. The summed E-state index contributed by atoms with van der Waals surface area (Å²) in [6, 6.07) is 0. The van der Waals surface area contributed by atoms with Crippen molar-refractivity contribution in [3.8, 4) is 0 Å². The standard InChI is InChI=1S/C11H20N4O2/c1-5-11(3,17)6-13-10(16)9-8(12)7(2)14-15(9)4/h17H,5-6,12H2,1-4H3,(H,13,16). The van der Waals surface area contributed by atoms with Crippen LogP contribution in [-0.4, -0.2) is 32.9 Å². The Hall–Kier alpha value is -1.56. The van der Waals surface area contributed by atoms with Gasteiger partial charge in [-0.25, -0.2) is 0 Å². The SMILES string of the molecule is CCC(C)(O)CNC(=O)c1c(N)c(C)nn1C. The number of nitrogen functional groups attached to an aromatic ring is 1. The first-order valence-electron chi connectivity index (χ1n) is 5.58.